The lowest BCUT2D eigenvalue weighted by atomic mass is 9.80. The molecule has 0 bridgehead atoms. The Kier molecular flexibility index (Phi) is 2.67. The van der Waals surface area contributed by atoms with Crippen molar-refractivity contribution in [2.75, 3.05) is 0 Å². The lowest BCUT2D eigenvalue weighted by Crippen LogP contribution is -2.36. The van der Waals surface area contributed by atoms with Crippen LogP contribution >= 0.6 is 0 Å². The number of hydrogen-bond donors (Lipinski definition) is 1. The first kappa shape index (κ1) is 12.5. The first-order valence-corrected chi connectivity index (χ1v) is 6.44. The zero-order chi connectivity index (χ0) is 14.3. The van der Waals surface area contributed by atoms with Gasteiger partial charge in [-0.15, -0.1) is 0 Å². The Bertz CT molecular complexity index is 718. The highest BCUT2D eigenvalue weighted by atomic mass is 16.1. The number of amides is 1. The minimum Gasteiger partial charge on any atom is -0.365 e. The van der Waals surface area contributed by atoms with E-state index in [2.05, 4.69) is 9.98 Å². The van der Waals surface area contributed by atoms with Crippen LogP contribution in [0.5, 0.6) is 0 Å². The minimum atomic E-state index is -0.466. The summed E-state index contributed by atoms with van der Waals surface area (Å²) >= 11 is 0. The van der Waals surface area contributed by atoms with Crippen molar-refractivity contribution in [2.24, 2.45) is 10.7 Å². The van der Waals surface area contributed by atoms with E-state index in [0.717, 1.165) is 22.4 Å². The number of fused-ring (bicyclic) bond motifs is 1. The average molecular weight is 265 g/mol. The van der Waals surface area contributed by atoms with Crippen LogP contribution in [-0.2, 0) is 10.2 Å². The highest BCUT2D eigenvalue weighted by Crippen LogP contribution is 2.45. The van der Waals surface area contributed by atoms with Crippen molar-refractivity contribution in [1.82, 2.24) is 4.98 Å². The maximum absolute atomic E-state index is 11.6. The number of carbonyl (C=O) groups is 1. The zero-order valence-electron chi connectivity index (χ0n) is 11.4. The molecule has 1 aromatic heterocycles. The van der Waals surface area contributed by atoms with Crippen molar-refractivity contribution >= 4 is 17.3 Å². The van der Waals surface area contributed by atoms with Crippen LogP contribution < -0.4 is 5.73 Å². The molecule has 4 nitrogen and oxygen atoms in total. The van der Waals surface area contributed by atoms with Gasteiger partial charge in [0.2, 0.25) is 0 Å². The van der Waals surface area contributed by atoms with Crippen LogP contribution in [0.4, 0.5) is 5.69 Å². The molecule has 0 spiro atoms. The highest BCUT2D eigenvalue weighted by Gasteiger charge is 2.38. The number of primary amides is 1. The maximum Gasteiger partial charge on any atom is 0.264 e. The van der Waals surface area contributed by atoms with Gasteiger partial charge < -0.3 is 5.73 Å². The summed E-state index contributed by atoms with van der Waals surface area (Å²) in [5.74, 6) is -0.466. The third-order valence-electron chi connectivity index (χ3n) is 3.75. The topological polar surface area (TPSA) is 68.3 Å². The number of pyridine rings is 1. The second kappa shape index (κ2) is 4.27. The largest absolute Gasteiger partial charge is 0.365 e. The standard InChI is InChI=1S/C16H15N3O/c1-16(2)12-5-3-4-11(10-6-8-18-9-7-10)13(12)19-14(16)15(17)20/h3-9H,1-2H3,(H2,17,20). The lowest BCUT2D eigenvalue weighted by Gasteiger charge is -2.20. The van der Waals surface area contributed by atoms with Gasteiger partial charge in [-0.3, -0.25) is 9.78 Å². The van der Waals surface area contributed by atoms with E-state index >= 15 is 0 Å². The van der Waals surface area contributed by atoms with E-state index in [4.69, 9.17) is 5.73 Å². The summed E-state index contributed by atoms with van der Waals surface area (Å²) < 4.78 is 0. The number of benzene rings is 1. The second-order valence-corrected chi connectivity index (χ2v) is 5.39. The lowest BCUT2D eigenvalue weighted by molar-refractivity contribution is -0.112. The Morgan fingerprint density at radius 1 is 1.15 bits per heavy atom. The number of hydrogen-bond acceptors (Lipinski definition) is 3. The van der Waals surface area contributed by atoms with E-state index in [1.807, 2.05) is 44.2 Å². The number of nitrogens with two attached hydrogens (primary N) is 1. The number of aromatic nitrogens is 1. The van der Waals surface area contributed by atoms with Gasteiger partial charge in [-0.1, -0.05) is 18.2 Å². The van der Waals surface area contributed by atoms with Gasteiger partial charge in [0.05, 0.1) is 5.69 Å². The molecule has 2 heterocycles. The van der Waals surface area contributed by atoms with Crippen LogP contribution in [0.3, 0.4) is 0 Å². The molecule has 0 radical (unpaired) electrons. The monoisotopic (exact) mass is 265 g/mol. The van der Waals surface area contributed by atoms with Crippen molar-refractivity contribution in [3.8, 4) is 11.1 Å². The van der Waals surface area contributed by atoms with Gasteiger partial charge in [0.25, 0.3) is 5.91 Å². The van der Waals surface area contributed by atoms with E-state index in [9.17, 15) is 4.79 Å². The number of para-hydroxylation sites is 1. The van der Waals surface area contributed by atoms with Gasteiger partial charge >= 0.3 is 0 Å². The van der Waals surface area contributed by atoms with E-state index in [0.29, 0.717) is 5.71 Å². The van der Waals surface area contributed by atoms with Gasteiger partial charge in [0, 0.05) is 23.4 Å². The molecule has 1 aromatic carbocycles. The molecular weight excluding hydrogens is 250 g/mol. The highest BCUT2D eigenvalue weighted by molar-refractivity contribution is 6.43. The third-order valence-corrected chi connectivity index (χ3v) is 3.75. The molecule has 1 aliphatic heterocycles. The van der Waals surface area contributed by atoms with Crippen LogP contribution in [0, 0.1) is 0 Å². The molecule has 2 aromatic rings. The third kappa shape index (κ3) is 1.72. The Morgan fingerprint density at radius 2 is 1.85 bits per heavy atom. The predicted octanol–water partition coefficient (Wildman–Crippen LogP) is 2.60. The first-order chi connectivity index (χ1) is 9.51. The molecule has 0 atom stereocenters. The molecule has 2 N–H and O–H groups in total. The summed E-state index contributed by atoms with van der Waals surface area (Å²) in [5.41, 5.74) is 9.30. The van der Waals surface area contributed by atoms with Gasteiger partial charge in [-0.05, 0) is 37.1 Å². The number of aliphatic imine (C=N–C) groups is 1. The summed E-state index contributed by atoms with van der Waals surface area (Å²) in [6.45, 7) is 3.94. The smallest absolute Gasteiger partial charge is 0.264 e. The molecule has 0 unspecified atom stereocenters. The Balaban J connectivity index is 2.25. The second-order valence-electron chi connectivity index (χ2n) is 5.39. The van der Waals surface area contributed by atoms with E-state index in [1.54, 1.807) is 12.4 Å². The first-order valence-electron chi connectivity index (χ1n) is 6.44. The van der Waals surface area contributed by atoms with Crippen LogP contribution in [0.1, 0.15) is 19.4 Å². The van der Waals surface area contributed by atoms with Crippen molar-refractivity contribution in [3.63, 3.8) is 0 Å². The molecule has 4 heteroatoms. The summed E-state index contributed by atoms with van der Waals surface area (Å²) in [4.78, 5) is 20.1. The van der Waals surface area contributed by atoms with Crippen molar-refractivity contribution in [1.29, 1.82) is 0 Å². The summed E-state index contributed by atoms with van der Waals surface area (Å²) in [6, 6.07) is 9.84. The van der Waals surface area contributed by atoms with Crippen LogP contribution in [0.25, 0.3) is 11.1 Å². The number of carbonyl (C=O) groups excluding carboxylic acids is 1. The number of rotatable bonds is 2. The number of nitrogens with zero attached hydrogens (tertiary/aromatic N) is 2. The van der Waals surface area contributed by atoms with Crippen LogP contribution in [0.15, 0.2) is 47.7 Å². The van der Waals surface area contributed by atoms with E-state index < -0.39 is 11.3 Å². The summed E-state index contributed by atoms with van der Waals surface area (Å²) in [7, 11) is 0. The fraction of sp³-hybridized carbons (Fsp3) is 0.188. The quantitative estimate of drug-likeness (QED) is 0.906. The SMILES string of the molecule is CC1(C)C(C(N)=O)=Nc2c(-c3ccncc3)cccc21. The van der Waals surface area contributed by atoms with E-state index in [1.165, 1.54) is 0 Å². The molecule has 1 aliphatic rings. The maximum atomic E-state index is 11.6. The summed E-state index contributed by atoms with van der Waals surface area (Å²) in [6.07, 6.45) is 3.49. The minimum absolute atomic E-state index is 0.411. The zero-order valence-corrected chi connectivity index (χ0v) is 11.4. The molecule has 0 saturated heterocycles. The molecule has 20 heavy (non-hydrogen) atoms. The van der Waals surface area contributed by atoms with Crippen molar-refractivity contribution in [2.45, 2.75) is 19.3 Å². The van der Waals surface area contributed by atoms with Gasteiger partial charge in [-0.25, -0.2) is 4.99 Å². The Morgan fingerprint density at radius 3 is 2.50 bits per heavy atom. The van der Waals surface area contributed by atoms with Gasteiger partial charge in [0.1, 0.15) is 5.71 Å². The predicted molar refractivity (Wildman–Crippen MR) is 79.0 cm³/mol. The Labute approximate surface area is 117 Å². The van der Waals surface area contributed by atoms with Crippen molar-refractivity contribution in [3.05, 3.63) is 48.3 Å². The Hall–Kier alpha value is -2.49. The fourth-order valence-corrected chi connectivity index (χ4v) is 2.67. The molecule has 100 valence electrons. The molecule has 0 fully saturated rings. The molecule has 1 amide bonds. The summed E-state index contributed by atoms with van der Waals surface area (Å²) in [5, 5.41) is 0. The van der Waals surface area contributed by atoms with Gasteiger partial charge in [0.15, 0.2) is 0 Å². The average Bonchev–Trinajstić information content (AvgIpc) is 2.72. The fourth-order valence-electron chi connectivity index (χ4n) is 2.67. The normalized spacial score (nSPS) is 15.6. The van der Waals surface area contributed by atoms with Crippen LogP contribution in [-0.4, -0.2) is 16.6 Å². The van der Waals surface area contributed by atoms with E-state index in [-0.39, 0.29) is 0 Å². The van der Waals surface area contributed by atoms with Gasteiger partial charge in [-0.2, -0.15) is 0 Å². The van der Waals surface area contributed by atoms with Crippen LogP contribution in [0.2, 0.25) is 0 Å². The molecule has 3 rings (SSSR count). The molecule has 0 aliphatic carbocycles. The molecular formula is C16H15N3O. The van der Waals surface area contributed by atoms with Crippen molar-refractivity contribution < 1.29 is 4.79 Å². The molecule has 0 saturated carbocycles.